The SMILES string of the molecule is CC1CCCC(N)(c2nc(-c3ccc(F)cc3Br)no2)C1. The van der Waals surface area contributed by atoms with Crippen LogP contribution in [0.1, 0.15) is 38.5 Å². The molecule has 1 aromatic carbocycles. The fourth-order valence-corrected chi connectivity index (χ4v) is 3.52. The minimum absolute atomic E-state index is 0.314. The molecule has 2 aromatic rings. The Morgan fingerprint density at radius 3 is 3.00 bits per heavy atom. The lowest BCUT2D eigenvalue weighted by Crippen LogP contribution is -2.41. The van der Waals surface area contributed by atoms with Crippen molar-refractivity contribution in [3.8, 4) is 11.4 Å². The van der Waals surface area contributed by atoms with E-state index in [2.05, 4.69) is 33.0 Å². The van der Waals surface area contributed by atoms with E-state index in [1.165, 1.54) is 18.6 Å². The molecule has 21 heavy (non-hydrogen) atoms. The lowest BCUT2D eigenvalue weighted by Gasteiger charge is -2.33. The van der Waals surface area contributed by atoms with Gasteiger partial charge in [0.1, 0.15) is 5.82 Å². The maximum Gasteiger partial charge on any atom is 0.247 e. The Morgan fingerprint density at radius 1 is 1.48 bits per heavy atom. The number of aromatic nitrogens is 2. The van der Waals surface area contributed by atoms with Gasteiger partial charge in [-0.3, -0.25) is 0 Å². The van der Waals surface area contributed by atoms with Gasteiger partial charge in [0.2, 0.25) is 11.7 Å². The highest BCUT2D eigenvalue weighted by Crippen LogP contribution is 2.38. The Labute approximate surface area is 131 Å². The first kappa shape index (κ1) is 14.7. The molecule has 112 valence electrons. The highest BCUT2D eigenvalue weighted by atomic mass is 79.9. The summed E-state index contributed by atoms with van der Waals surface area (Å²) in [7, 11) is 0. The van der Waals surface area contributed by atoms with Crippen LogP contribution in [0.15, 0.2) is 27.2 Å². The smallest absolute Gasteiger partial charge is 0.247 e. The highest BCUT2D eigenvalue weighted by Gasteiger charge is 2.38. The summed E-state index contributed by atoms with van der Waals surface area (Å²) in [5, 5.41) is 4.00. The summed E-state index contributed by atoms with van der Waals surface area (Å²) in [6, 6.07) is 4.38. The molecule has 1 aliphatic rings. The average Bonchev–Trinajstić information content (AvgIpc) is 2.88. The zero-order chi connectivity index (χ0) is 15.0. The van der Waals surface area contributed by atoms with Crippen LogP contribution in [0.3, 0.4) is 0 Å². The molecule has 2 N–H and O–H groups in total. The Balaban J connectivity index is 1.92. The van der Waals surface area contributed by atoms with Crippen molar-refractivity contribution in [3.63, 3.8) is 0 Å². The minimum atomic E-state index is -0.546. The van der Waals surface area contributed by atoms with Crippen molar-refractivity contribution in [2.75, 3.05) is 0 Å². The van der Waals surface area contributed by atoms with Crippen molar-refractivity contribution in [1.29, 1.82) is 0 Å². The minimum Gasteiger partial charge on any atom is -0.337 e. The van der Waals surface area contributed by atoms with E-state index in [9.17, 15) is 4.39 Å². The monoisotopic (exact) mass is 353 g/mol. The molecule has 0 amide bonds. The van der Waals surface area contributed by atoms with E-state index >= 15 is 0 Å². The van der Waals surface area contributed by atoms with Crippen LogP contribution in [0, 0.1) is 11.7 Å². The van der Waals surface area contributed by atoms with Crippen LogP contribution in [-0.2, 0) is 5.54 Å². The van der Waals surface area contributed by atoms with Gasteiger partial charge in [-0.15, -0.1) is 0 Å². The number of hydrogen-bond acceptors (Lipinski definition) is 4. The standard InChI is InChI=1S/C15H17BrFN3O/c1-9-3-2-6-15(18,8-9)14-19-13(20-21-14)11-5-4-10(17)7-12(11)16/h4-5,7,9H,2-3,6,8,18H2,1H3. The molecule has 0 aliphatic heterocycles. The molecule has 1 heterocycles. The van der Waals surface area contributed by atoms with Gasteiger partial charge in [0.15, 0.2) is 0 Å². The first-order valence-electron chi connectivity index (χ1n) is 7.06. The molecular weight excluding hydrogens is 337 g/mol. The third kappa shape index (κ3) is 2.87. The fraction of sp³-hybridized carbons (Fsp3) is 0.467. The molecule has 0 radical (unpaired) electrons. The van der Waals surface area contributed by atoms with Crippen molar-refractivity contribution in [1.82, 2.24) is 10.1 Å². The number of benzene rings is 1. The molecule has 2 unspecified atom stereocenters. The molecule has 0 spiro atoms. The molecule has 4 nitrogen and oxygen atoms in total. The lowest BCUT2D eigenvalue weighted by atomic mass is 9.77. The number of hydrogen-bond donors (Lipinski definition) is 1. The normalized spacial score (nSPS) is 26.0. The highest BCUT2D eigenvalue weighted by molar-refractivity contribution is 9.10. The molecule has 1 aromatic heterocycles. The molecule has 1 fully saturated rings. The second-order valence-electron chi connectivity index (χ2n) is 5.90. The number of halogens is 2. The Kier molecular flexibility index (Phi) is 3.84. The van der Waals surface area contributed by atoms with Crippen LogP contribution in [0.2, 0.25) is 0 Å². The van der Waals surface area contributed by atoms with Gasteiger partial charge >= 0.3 is 0 Å². The summed E-state index contributed by atoms with van der Waals surface area (Å²) in [5.74, 6) is 1.14. The zero-order valence-corrected chi connectivity index (χ0v) is 13.4. The number of nitrogens with zero attached hydrogens (tertiary/aromatic N) is 2. The van der Waals surface area contributed by atoms with Gasteiger partial charge in [-0.1, -0.05) is 24.9 Å². The summed E-state index contributed by atoms with van der Waals surface area (Å²) in [5.41, 5.74) is 6.60. The topological polar surface area (TPSA) is 64.9 Å². The second kappa shape index (κ2) is 5.50. The molecule has 6 heteroatoms. The van der Waals surface area contributed by atoms with Crippen molar-refractivity contribution >= 4 is 15.9 Å². The predicted molar refractivity (Wildman–Crippen MR) is 80.9 cm³/mol. The van der Waals surface area contributed by atoms with Gasteiger partial charge in [-0.2, -0.15) is 4.98 Å². The van der Waals surface area contributed by atoms with Crippen LogP contribution in [0.5, 0.6) is 0 Å². The van der Waals surface area contributed by atoms with E-state index in [4.69, 9.17) is 10.3 Å². The summed E-state index contributed by atoms with van der Waals surface area (Å²) in [4.78, 5) is 4.45. The van der Waals surface area contributed by atoms with E-state index in [1.54, 1.807) is 6.07 Å². The van der Waals surface area contributed by atoms with Crippen LogP contribution >= 0.6 is 15.9 Å². The fourth-order valence-electron chi connectivity index (χ4n) is 2.99. The largest absolute Gasteiger partial charge is 0.337 e. The van der Waals surface area contributed by atoms with Crippen molar-refractivity contribution in [2.45, 2.75) is 38.1 Å². The molecule has 1 saturated carbocycles. The summed E-state index contributed by atoms with van der Waals surface area (Å²) in [6.07, 6.45) is 3.95. The molecule has 3 rings (SSSR count). The molecule has 1 aliphatic carbocycles. The van der Waals surface area contributed by atoms with E-state index < -0.39 is 5.54 Å². The van der Waals surface area contributed by atoms with Crippen molar-refractivity contribution < 1.29 is 8.91 Å². The first-order chi connectivity index (χ1) is 9.98. The Morgan fingerprint density at radius 2 is 2.29 bits per heavy atom. The third-order valence-corrected chi connectivity index (χ3v) is 4.71. The first-order valence-corrected chi connectivity index (χ1v) is 7.86. The molecular formula is C15H17BrFN3O. The molecule has 0 saturated heterocycles. The van der Waals surface area contributed by atoms with Gasteiger partial charge in [-0.05, 0) is 52.9 Å². The van der Waals surface area contributed by atoms with Crippen LogP contribution in [0.4, 0.5) is 4.39 Å². The van der Waals surface area contributed by atoms with Crippen molar-refractivity contribution in [2.24, 2.45) is 11.7 Å². The van der Waals surface area contributed by atoms with Gasteiger partial charge in [0.05, 0.1) is 5.54 Å². The second-order valence-corrected chi connectivity index (χ2v) is 6.76. The quantitative estimate of drug-likeness (QED) is 0.885. The molecule has 2 atom stereocenters. The molecule has 0 bridgehead atoms. The van der Waals surface area contributed by atoms with E-state index in [-0.39, 0.29) is 5.82 Å². The van der Waals surface area contributed by atoms with Gasteiger partial charge in [0, 0.05) is 10.0 Å². The summed E-state index contributed by atoms with van der Waals surface area (Å²) >= 11 is 3.32. The van der Waals surface area contributed by atoms with Gasteiger partial charge in [0.25, 0.3) is 0 Å². The van der Waals surface area contributed by atoms with Gasteiger partial charge < -0.3 is 10.3 Å². The predicted octanol–water partition coefficient (Wildman–Crippen LogP) is 4.00. The van der Waals surface area contributed by atoms with E-state index in [0.717, 1.165) is 19.3 Å². The summed E-state index contributed by atoms with van der Waals surface area (Å²) < 4.78 is 19.1. The number of rotatable bonds is 2. The maximum absolute atomic E-state index is 13.1. The van der Waals surface area contributed by atoms with E-state index in [0.29, 0.717) is 27.7 Å². The Hall–Kier alpha value is -1.27. The summed E-state index contributed by atoms with van der Waals surface area (Å²) in [6.45, 7) is 2.19. The van der Waals surface area contributed by atoms with E-state index in [1.807, 2.05) is 0 Å². The van der Waals surface area contributed by atoms with Crippen LogP contribution in [0.25, 0.3) is 11.4 Å². The van der Waals surface area contributed by atoms with Gasteiger partial charge in [-0.25, -0.2) is 4.39 Å². The number of nitrogens with two attached hydrogens (primary N) is 1. The van der Waals surface area contributed by atoms with Crippen LogP contribution < -0.4 is 5.73 Å². The lowest BCUT2D eigenvalue weighted by molar-refractivity contribution is 0.183. The maximum atomic E-state index is 13.1. The Bertz CT molecular complexity index is 660. The zero-order valence-electron chi connectivity index (χ0n) is 11.8. The third-order valence-electron chi connectivity index (χ3n) is 4.06. The van der Waals surface area contributed by atoms with Crippen LogP contribution in [-0.4, -0.2) is 10.1 Å². The average molecular weight is 354 g/mol. The van der Waals surface area contributed by atoms with Crippen molar-refractivity contribution in [3.05, 3.63) is 34.4 Å².